The molecule has 44 valence electrons. The van der Waals surface area contributed by atoms with Gasteiger partial charge in [0.15, 0.2) is 0 Å². The molecular formula is C7H6N2. The minimum absolute atomic E-state index is 0.760. The summed E-state index contributed by atoms with van der Waals surface area (Å²) in [6, 6.07) is 0. The van der Waals surface area contributed by atoms with E-state index in [1.807, 2.05) is 12.2 Å². The Morgan fingerprint density at radius 2 is 2.22 bits per heavy atom. The number of rotatable bonds is 0. The van der Waals surface area contributed by atoms with Gasteiger partial charge in [-0.3, -0.25) is 0 Å². The predicted molar refractivity (Wildman–Crippen MR) is 34.0 cm³/mol. The molecule has 0 atom stereocenters. The van der Waals surface area contributed by atoms with Crippen LogP contribution in [0.5, 0.6) is 0 Å². The van der Waals surface area contributed by atoms with Crippen LogP contribution < -0.4 is 0 Å². The molecule has 0 aromatic heterocycles. The summed E-state index contributed by atoms with van der Waals surface area (Å²) in [6.45, 7) is 0. The summed E-state index contributed by atoms with van der Waals surface area (Å²) < 4.78 is 0. The molecule has 0 amide bonds. The molecule has 0 radical (unpaired) electrons. The highest BCUT2D eigenvalue weighted by Gasteiger charge is 2.28. The van der Waals surface area contributed by atoms with Gasteiger partial charge in [0, 0.05) is 11.6 Å². The Labute approximate surface area is 53.1 Å². The molecule has 0 aromatic rings. The van der Waals surface area contributed by atoms with Gasteiger partial charge in [-0.15, -0.1) is 0 Å². The van der Waals surface area contributed by atoms with Crippen molar-refractivity contribution in [3.8, 4) is 0 Å². The summed E-state index contributed by atoms with van der Waals surface area (Å²) in [6.07, 6.45) is 6.12. The lowest BCUT2D eigenvalue weighted by molar-refractivity contribution is -0.00276. The molecule has 0 spiro atoms. The first-order valence-corrected chi connectivity index (χ1v) is 3.04. The Morgan fingerprint density at radius 1 is 1.33 bits per heavy atom. The highest BCUT2D eigenvalue weighted by molar-refractivity contribution is 6.09. The third-order valence-corrected chi connectivity index (χ3v) is 1.89. The van der Waals surface area contributed by atoms with E-state index in [1.165, 1.54) is 11.1 Å². The quantitative estimate of drug-likeness (QED) is 0.340. The molecule has 2 rings (SSSR count). The van der Waals surface area contributed by atoms with E-state index in [9.17, 15) is 0 Å². The zero-order chi connectivity index (χ0) is 6.27. The first kappa shape index (κ1) is 4.71. The number of nitrogens with zero attached hydrogens (tertiary/aromatic N) is 2. The van der Waals surface area contributed by atoms with Crippen LogP contribution in [0.2, 0.25) is 0 Å². The Bertz CT molecular complexity index is 265. The Morgan fingerprint density at radius 3 is 2.56 bits per heavy atom. The molecule has 0 N–H and O–H groups in total. The van der Waals surface area contributed by atoms with Crippen LogP contribution in [0.25, 0.3) is 5.53 Å². The fourth-order valence-electron chi connectivity index (χ4n) is 1.24. The normalized spacial score (nSPS) is 21.6. The summed E-state index contributed by atoms with van der Waals surface area (Å²) in [5.41, 5.74) is 11.7. The van der Waals surface area contributed by atoms with Crippen molar-refractivity contribution in [2.75, 3.05) is 0 Å². The maximum atomic E-state index is 8.39. The zero-order valence-electron chi connectivity index (χ0n) is 4.96. The lowest BCUT2D eigenvalue weighted by Gasteiger charge is -2.11. The first-order chi connectivity index (χ1) is 4.42. The number of allylic oxidation sites excluding steroid dienone is 4. The molecular weight excluding hydrogens is 112 g/mol. The van der Waals surface area contributed by atoms with Gasteiger partial charge in [-0.1, -0.05) is 6.08 Å². The van der Waals surface area contributed by atoms with Gasteiger partial charge in [0.1, 0.15) is 0 Å². The molecule has 2 aliphatic carbocycles. The monoisotopic (exact) mass is 118 g/mol. The van der Waals surface area contributed by atoms with Crippen LogP contribution in [0.4, 0.5) is 0 Å². The molecule has 0 bridgehead atoms. The molecule has 2 aliphatic rings. The van der Waals surface area contributed by atoms with Gasteiger partial charge >= 0.3 is 5.71 Å². The van der Waals surface area contributed by atoms with Crippen LogP contribution >= 0.6 is 0 Å². The molecule has 0 unspecified atom stereocenters. The van der Waals surface area contributed by atoms with Gasteiger partial charge in [-0.2, -0.15) is 4.79 Å². The lowest BCUT2D eigenvalue weighted by atomic mass is 9.90. The summed E-state index contributed by atoms with van der Waals surface area (Å²) >= 11 is 0. The Balaban J connectivity index is 2.56. The summed E-state index contributed by atoms with van der Waals surface area (Å²) in [5.74, 6) is 0. The van der Waals surface area contributed by atoms with Crippen molar-refractivity contribution < 1.29 is 4.79 Å². The molecule has 0 aromatic carbocycles. The van der Waals surface area contributed by atoms with Gasteiger partial charge in [-0.25, -0.2) is 0 Å². The molecule has 2 heteroatoms. The first-order valence-electron chi connectivity index (χ1n) is 3.04. The molecule has 0 aliphatic heterocycles. The second-order valence-corrected chi connectivity index (χ2v) is 2.32. The van der Waals surface area contributed by atoms with E-state index in [0.717, 1.165) is 18.6 Å². The molecule has 0 saturated heterocycles. The van der Waals surface area contributed by atoms with Crippen molar-refractivity contribution in [1.29, 1.82) is 0 Å². The van der Waals surface area contributed by atoms with Crippen molar-refractivity contribution in [1.82, 2.24) is 0 Å². The van der Waals surface area contributed by atoms with Crippen LogP contribution in [0.1, 0.15) is 12.8 Å². The third kappa shape index (κ3) is 0.456. The van der Waals surface area contributed by atoms with E-state index in [2.05, 4.69) is 4.79 Å². The van der Waals surface area contributed by atoms with E-state index < -0.39 is 0 Å². The largest absolute Gasteiger partial charge is 0.361 e. The Hall–Kier alpha value is -1.14. The van der Waals surface area contributed by atoms with Gasteiger partial charge in [-0.05, 0) is 18.4 Å². The Kier molecular flexibility index (Phi) is 0.746. The van der Waals surface area contributed by atoms with Crippen LogP contribution in [-0.2, 0) is 0 Å². The van der Waals surface area contributed by atoms with Crippen molar-refractivity contribution in [3.63, 3.8) is 0 Å². The van der Waals surface area contributed by atoms with E-state index in [0.29, 0.717) is 0 Å². The third-order valence-electron chi connectivity index (χ3n) is 1.89. The van der Waals surface area contributed by atoms with E-state index >= 15 is 0 Å². The minimum Gasteiger partial charge on any atom is -0.361 e. The standard InChI is InChI=1S/C7H6N2/c8-9-7-4-2-5-1-3-6(5)7/h2,4H,1,3H2. The highest BCUT2D eigenvalue weighted by atomic mass is 14.9. The molecule has 0 heterocycles. The summed E-state index contributed by atoms with van der Waals surface area (Å²) in [7, 11) is 0. The van der Waals surface area contributed by atoms with E-state index in [-0.39, 0.29) is 0 Å². The van der Waals surface area contributed by atoms with Gasteiger partial charge in [0.05, 0.1) is 0 Å². The fraction of sp³-hybridized carbons (Fsp3) is 0.286. The average Bonchev–Trinajstić information content (AvgIpc) is 2.07. The van der Waals surface area contributed by atoms with Crippen molar-refractivity contribution in [2.24, 2.45) is 0 Å². The molecule has 9 heavy (non-hydrogen) atoms. The highest BCUT2D eigenvalue weighted by Crippen LogP contribution is 2.33. The number of hydrogen-bond acceptors (Lipinski definition) is 0. The van der Waals surface area contributed by atoms with Crippen LogP contribution in [-0.4, -0.2) is 10.5 Å². The molecule has 2 nitrogen and oxygen atoms in total. The van der Waals surface area contributed by atoms with E-state index in [4.69, 9.17) is 5.53 Å². The van der Waals surface area contributed by atoms with Gasteiger partial charge < -0.3 is 5.53 Å². The molecule has 0 fully saturated rings. The maximum Gasteiger partial charge on any atom is 0.318 e. The summed E-state index contributed by atoms with van der Waals surface area (Å²) in [5, 5.41) is 0. The van der Waals surface area contributed by atoms with Crippen molar-refractivity contribution in [3.05, 3.63) is 28.8 Å². The van der Waals surface area contributed by atoms with Crippen molar-refractivity contribution in [2.45, 2.75) is 12.8 Å². The second kappa shape index (κ2) is 1.42. The minimum atomic E-state index is 0.760. The van der Waals surface area contributed by atoms with Crippen LogP contribution in [0.3, 0.4) is 0 Å². The van der Waals surface area contributed by atoms with Crippen molar-refractivity contribution >= 4 is 5.71 Å². The predicted octanol–water partition coefficient (Wildman–Crippen LogP) is 1.32. The average molecular weight is 118 g/mol. The number of hydrogen-bond donors (Lipinski definition) is 0. The van der Waals surface area contributed by atoms with Crippen LogP contribution in [0, 0.1) is 0 Å². The zero-order valence-corrected chi connectivity index (χ0v) is 4.96. The molecule has 0 saturated carbocycles. The summed E-state index contributed by atoms with van der Waals surface area (Å²) in [4.78, 5) is 3.14. The topological polar surface area (TPSA) is 36.4 Å². The van der Waals surface area contributed by atoms with Gasteiger partial charge in [0.2, 0.25) is 0 Å². The fourth-order valence-corrected chi connectivity index (χ4v) is 1.24. The SMILES string of the molecule is [N-]=[N+]=C1C=CC2=C1CC2. The van der Waals surface area contributed by atoms with E-state index in [1.54, 1.807) is 0 Å². The maximum absolute atomic E-state index is 8.39. The van der Waals surface area contributed by atoms with Gasteiger partial charge in [0.25, 0.3) is 0 Å². The second-order valence-electron chi connectivity index (χ2n) is 2.32. The smallest absolute Gasteiger partial charge is 0.318 e. The lowest BCUT2D eigenvalue weighted by Crippen LogP contribution is -2.05. The van der Waals surface area contributed by atoms with Crippen LogP contribution in [0.15, 0.2) is 23.3 Å².